The number of rotatable bonds is 8. The molecule has 0 fully saturated rings. The molecule has 0 aliphatic rings. The molecular formula is C30H29BrN6O3S2. The van der Waals surface area contributed by atoms with E-state index in [0.717, 1.165) is 39.3 Å². The van der Waals surface area contributed by atoms with Crippen LogP contribution in [0.3, 0.4) is 0 Å². The van der Waals surface area contributed by atoms with Gasteiger partial charge >= 0.3 is 0 Å². The zero-order chi connectivity index (χ0) is 30.2. The van der Waals surface area contributed by atoms with Gasteiger partial charge in [-0.3, -0.25) is 14.8 Å². The average Bonchev–Trinajstić information content (AvgIpc) is 3.51. The van der Waals surface area contributed by atoms with Gasteiger partial charge in [0.25, 0.3) is 0 Å². The number of carbonyl (C=O) groups is 1. The maximum Gasteiger partial charge on any atom is 0.187 e. The lowest BCUT2D eigenvalue weighted by Crippen LogP contribution is -2.18. The Kier molecular flexibility index (Phi) is 13.3. The van der Waals surface area contributed by atoms with Crippen molar-refractivity contribution in [3.05, 3.63) is 109 Å². The Morgan fingerprint density at radius 2 is 1.38 bits per heavy atom. The molecule has 0 radical (unpaired) electrons. The first-order chi connectivity index (χ1) is 20.4. The van der Waals surface area contributed by atoms with Crippen LogP contribution < -0.4 is 25.8 Å². The van der Waals surface area contributed by atoms with Crippen molar-refractivity contribution in [2.45, 2.75) is 0 Å². The normalized spacial score (nSPS) is 9.69. The first kappa shape index (κ1) is 32.1. The van der Waals surface area contributed by atoms with Crippen LogP contribution in [0.5, 0.6) is 11.5 Å². The molecule has 0 bridgehead atoms. The van der Waals surface area contributed by atoms with E-state index in [-0.39, 0.29) is 10.9 Å². The van der Waals surface area contributed by atoms with Crippen LogP contribution in [0.1, 0.15) is 10.4 Å². The van der Waals surface area contributed by atoms with Gasteiger partial charge in [-0.05, 0) is 85.0 Å². The van der Waals surface area contributed by atoms with Gasteiger partial charge in [-0.25, -0.2) is 4.98 Å². The molecule has 216 valence electrons. The largest absolute Gasteiger partial charge is 0.497 e. The maximum absolute atomic E-state index is 10.9. The number of thiocarbonyl (C=S) groups is 1. The van der Waals surface area contributed by atoms with Crippen LogP contribution in [0.25, 0.3) is 11.3 Å². The predicted molar refractivity (Wildman–Crippen MR) is 177 cm³/mol. The third kappa shape index (κ3) is 10.9. The number of carbonyl (C=O) groups excluding carboxylic acids is 1. The highest BCUT2D eigenvalue weighted by molar-refractivity contribution is 9.09. The SMILES string of the molecule is COc1ccc(NC(N)=S)cc1.COc1ccc(Nc2nc(-c3ccncc3)cs2)cc1.O=C(CBr)c1ccncc1. The second kappa shape index (κ2) is 17.4. The highest BCUT2D eigenvalue weighted by Gasteiger charge is 2.05. The van der Waals surface area contributed by atoms with Gasteiger partial charge < -0.3 is 25.8 Å². The molecule has 0 aliphatic carbocycles. The predicted octanol–water partition coefficient (Wildman–Crippen LogP) is 6.97. The van der Waals surface area contributed by atoms with Crippen molar-refractivity contribution in [2.24, 2.45) is 5.73 Å². The minimum atomic E-state index is 0.0856. The number of Topliss-reactive ketones (excluding diaryl/α,β-unsaturated/α-hetero) is 1. The number of nitrogens with zero attached hydrogens (tertiary/aromatic N) is 3. The molecule has 5 rings (SSSR count). The molecule has 0 amide bonds. The standard InChI is InChI=1S/C15H13N3OS.C8H10N2OS.C7H6BrNO/c1-19-13-4-2-12(3-5-13)17-15-18-14(10-20-15)11-6-8-16-9-7-11;1-11-7-4-2-6(3-5-7)10-8(9)12;8-5-7(10)6-1-3-9-4-2-6/h2-10H,1H3,(H,17,18);2-5H,1H3,(H3,9,10,12);1-4H,5H2. The van der Waals surface area contributed by atoms with Crippen LogP contribution in [0.15, 0.2) is 103 Å². The fourth-order valence-electron chi connectivity index (χ4n) is 3.22. The van der Waals surface area contributed by atoms with E-state index in [2.05, 4.69) is 53.7 Å². The lowest BCUT2D eigenvalue weighted by atomic mass is 10.2. The first-order valence-corrected chi connectivity index (χ1v) is 14.8. The summed E-state index contributed by atoms with van der Waals surface area (Å²) in [6.45, 7) is 0. The molecule has 0 unspecified atom stereocenters. The van der Waals surface area contributed by atoms with Crippen molar-refractivity contribution in [1.29, 1.82) is 0 Å². The van der Waals surface area contributed by atoms with Gasteiger partial charge in [-0.1, -0.05) is 15.9 Å². The summed E-state index contributed by atoms with van der Waals surface area (Å²) in [6.07, 6.45) is 6.75. The second-order valence-corrected chi connectivity index (χ2v) is 10.00. The summed E-state index contributed by atoms with van der Waals surface area (Å²) in [5.74, 6) is 1.73. The van der Waals surface area contributed by atoms with Crippen molar-refractivity contribution in [1.82, 2.24) is 15.0 Å². The lowest BCUT2D eigenvalue weighted by Gasteiger charge is -2.04. The Morgan fingerprint density at radius 3 is 1.88 bits per heavy atom. The molecule has 4 N–H and O–H groups in total. The zero-order valence-corrected chi connectivity index (χ0v) is 26.1. The molecule has 0 saturated carbocycles. The summed E-state index contributed by atoms with van der Waals surface area (Å²) >= 11 is 9.33. The topological polar surface area (TPSA) is 124 Å². The Bertz CT molecular complexity index is 1520. The fourth-order valence-corrected chi connectivity index (χ4v) is 4.40. The summed E-state index contributed by atoms with van der Waals surface area (Å²) in [6, 6.07) is 22.4. The number of methoxy groups -OCH3 is 2. The number of ether oxygens (including phenoxy) is 2. The van der Waals surface area contributed by atoms with Crippen LogP contribution in [0.4, 0.5) is 16.5 Å². The van der Waals surface area contributed by atoms with Crippen molar-refractivity contribution in [2.75, 3.05) is 30.2 Å². The third-order valence-corrected chi connectivity index (χ3v) is 6.67. The van der Waals surface area contributed by atoms with Crippen molar-refractivity contribution < 1.29 is 14.3 Å². The van der Waals surface area contributed by atoms with Crippen molar-refractivity contribution in [3.63, 3.8) is 0 Å². The van der Waals surface area contributed by atoms with Crippen LogP contribution in [0.2, 0.25) is 0 Å². The van der Waals surface area contributed by atoms with Crippen LogP contribution in [0, 0.1) is 0 Å². The van der Waals surface area contributed by atoms with Gasteiger partial charge in [0.15, 0.2) is 16.0 Å². The molecule has 0 atom stereocenters. The third-order valence-electron chi connectivity index (χ3n) is 5.30. The van der Waals surface area contributed by atoms with E-state index in [1.165, 1.54) is 0 Å². The zero-order valence-electron chi connectivity index (χ0n) is 22.9. The van der Waals surface area contributed by atoms with E-state index in [1.54, 1.807) is 62.5 Å². The molecule has 3 aromatic heterocycles. The molecule has 0 aliphatic heterocycles. The summed E-state index contributed by atoms with van der Waals surface area (Å²) in [7, 11) is 3.28. The number of nitrogens with one attached hydrogen (secondary N) is 2. The monoisotopic (exact) mass is 664 g/mol. The number of nitrogens with two attached hydrogens (primary N) is 1. The van der Waals surface area contributed by atoms with E-state index >= 15 is 0 Å². The molecular weight excluding hydrogens is 636 g/mol. The second-order valence-electron chi connectivity index (χ2n) is 8.14. The number of anilines is 3. The minimum absolute atomic E-state index is 0.0856. The van der Waals surface area contributed by atoms with E-state index in [9.17, 15) is 4.79 Å². The van der Waals surface area contributed by atoms with E-state index in [1.807, 2.05) is 66.0 Å². The molecule has 12 heteroatoms. The first-order valence-electron chi connectivity index (χ1n) is 12.4. The van der Waals surface area contributed by atoms with Gasteiger partial charge in [0.2, 0.25) is 0 Å². The van der Waals surface area contributed by atoms with E-state index in [0.29, 0.717) is 10.9 Å². The van der Waals surface area contributed by atoms with Crippen LogP contribution in [-0.4, -0.2) is 45.4 Å². The number of hydrogen-bond acceptors (Lipinski definition) is 9. The number of pyridine rings is 2. The number of benzene rings is 2. The lowest BCUT2D eigenvalue weighted by molar-refractivity contribution is 0.102. The molecule has 2 aromatic carbocycles. The van der Waals surface area contributed by atoms with Gasteiger partial charge in [0, 0.05) is 52.7 Å². The summed E-state index contributed by atoms with van der Waals surface area (Å²) in [5, 5.41) is 9.62. The highest BCUT2D eigenvalue weighted by Crippen LogP contribution is 2.27. The number of alkyl halides is 1. The summed E-state index contributed by atoms with van der Waals surface area (Å²) in [5.41, 5.74) is 9.86. The Hall–Kier alpha value is -4.39. The molecule has 0 saturated heterocycles. The average molecular weight is 666 g/mol. The number of hydrogen-bond donors (Lipinski definition) is 3. The molecule has 0 spiro atoms. The smallest absolute Gasteiger partial charge is 0.187 e. The quantitative estimate of drug-likeness (QED) is 0.0910. The summed E-state index contributed by atoms with van der Waals surface area (Å²) in [4.78, 5) is 23.3. The number of aromatic nitrogens is 3. The van der Waals surface area contributed by atoms with Gasteiger partial charge in [0.05, 0.1) is 25.2 Å². The van der Waals surface area contributed by atoms with Crippen LogP contribution >= 0.6 is 39.5 Å². The Morgan fingerprint density at radius 1 is 0.857 bits per heavy atom. The van der Waals surface area contributed by atoms with Crippen LogP contribution in [-0.2, 0) is 0 Å². The number of thiazole rings is 1. The van der Waals surface area contributed by atoms with E-state index in [4.69, 9.17) is 15.2 Å². The minimum Gasteiger partial charge on any atom is -0.497 e. The molecule has 5 aromatic rings. The maximum atomic E-state index is 10.9. The number of ketones is 1. The van der Waals surface area contributed by atoms with Gasteiger partial charge in [-0.15, -0.1) is 11.3 Å². The molecule has 9 nitrogen and oxygen atoms in total. The number of halogens is 1. The Labute approximate surface area is 262 Å². The molecule has 3 heterocycles. The van der Waals surface area contributed by atoms with Crippen molar-refractivity contribution >= 4 is 66.9 Å². The van der Waals surface area contributed by atoms with Crippen molar-refractivity contribution in [3.8, 4) is 22.8 Å². The van der Waals surface area contributed by atoms with Gasteiger partial charge in [-0.2, -0.15) is 0 Å². The Balaban J connectivity index is 0.000000188. The van der Waals surface area contributed by atoms with Gasteiger partial charge in [0.1, 0.15) is 11.5 Å². The molecule has 42 heavy (non-hydrogen) atoms. The van der Waals surface area contributed by atoms with E-state index < -0.39 is 0 Å². The fraction of sp³-hybridized carbons (Fsp3) is 0.100. The summed E-state index contributed by atoms with van der Waals surface area (Å²) < 4.78 is 10.1. The highest BCUT2D eigenvalue weighted by atomic mass is 79.9.